The zero-order valence-electron chi connectivity index (χ0n) is 13.4. The van der Waals surface area contributed by atoms with Crippen molar-refractivity contribution in [2.45, 2.75) is 45.1 Å². The molecule has 1 unspecified atom stereocenters. The van der Waals surface area contributed by atoms with E-state index in [0.717, 1.165) is 16.0 Å². The van der Waals surface area contributed by atoms with Crippen molar-refractivity contribution >= 4 is 11.9 Å². The number of amides is 3. The lowest BCUT2D eigenvalue weighted by atomic mass is 9.84. The largest absolute Gasteiger partial charge is 0.325 e. The van der Waals surface area contributed by atoms with Gasteiger partial charge in [0.15, 0.2) is 0 Å². The monoisotopic (exact) mass is 299 g/mol. The second-order valence-corrected chi connectivity index (χ2v) is 6.75. The third kappa shape index (κ3) is 2.69. The van der Waals surface area contributed by atoms with E-state index in [-0.39, 0.29) is 24.3 Å². The predicted molar refractivity (Wildman–Crippen MR) is 83.0 cm³/mol. The fourth-order valence-electron chi connectivity index (χ4n) is 2.56. The summed E-state index contributed by atoms with van der Waals surface area (Å²) >= 11 is 0. The van der Waals surface area contributed by atoms with Gasteiger partial charge in [-0.25, -0.2) is 4.79 Å². The molecule has 1 heterocycles. The zero-order valence-corrected chi connectivity index (χ0v) is 13.4. The van der Waals surface area contributed by atoms with Crippen LogP contribution in [0.5, 0.6) is 0 Å². The van der Waals surface area contributed by atoms with E-state index in [1.807, 2.05) is 30.3 Å². The second kappa shape index (κ2) is 5.45. The van der Waals surface area contributed by atoms with E-state index < -0.39 is 11.6 Å². The molecule has 1 aliphatic rings. The van der Waals surface area contributed by atoms with Crippen molar-refractivity contribution in [1.82, 2.24) is 10.2 Å². The van der Waals surface area contributed by atoms with Gasteiger partial charge in [-0.2, -0.15) is 5.26 Å². The summed E-state index contributed by atoms with van der Waals surface area (Å²) in [6, 6.07) is 9.24. The second-order valence-electron chi connectivity index (χ2n) is 6.75. The maximum Gasteiger partial charge on any atom is 0.325 e. The molecule has 0 radical (unpaired) electrons. The van der Waals surface area contributed by atoms with Crippen LogP contribution < -0.4 is 5.32 Å². The fourth-order valence-corrected chi connectivity index (χ4v) is 2.56. The molecule has 0 spiro atoms. The van der Waals surface area contributed by atoms with Gasteiger partial charge in [-0.05, 0) is 23.5 Å². The predicted octanol–water partition coefficient (Wildman–Crippen LogP) is 2.66. The van der Waals surface area contributed by atoms with E-state index in [1.54, 1.807) is 6.92 Å². The summed E-state index contributed by atoms with van der Waals surface area (Å²) < 4.78 is 0. The molecule has 0 aliphatic carbocycles. The van der Waals surface area contributed by atoms with Crippen LogP contribution in [0.25, 0.3) is 0 Å². The lowest BCUT2D eigenvalue weighted by Crippen LogP contribution is -2.41. The molecule has 0 saturated carbocycles. The Morgan fingerprint density at radius 1 is 1.23 bits per heavy atom. The number of carbonyl (C=O) groups is 2. The van der Waals surface area contributed by atoms with Gasteiger partial charge < -0.3 is 5.32 Å². The number of carbonyl (C=O) groups excluding carboxylic acids is 2. The summed E-state index contributed by atoms with van der Waals surface area (Å²) in [7, 11) is 0. The van der Waals surface area contributed by atoms with Gasteiger partial charge in [-0.15, -0.1) is 0 Å². The van der Waals surface area contributed by atoms with Crippen molar-refractivity contribution in [3.8, 4) is 6.07 Å². The van der Waals surface area contributed by atoms with Crippen LogP contribution >= 0.6 is 0 Å². The topological polar surface area (TPSA) is 73.2 Å². The normalized spacial score (nSPS) is 21.7. The van der Waals surface area contributed by atoms with Gasteiger partial charge in [-0.3, -0.25) is 9.69 Å². The number of imide groups is 1. The van der Waals surface area contributed by atoms with Crippen LogP contribution in [0, 0.1) is 11.3 Å². The third-order valence-corrected chi connectivity index (χ3v) is 4.05. The van der Waals surface area contributed by atoms with Crippen molar-refractivity contribution < 1.29 is 9.59 Å². The van der Waals surface area contributed by atoms with Crippen LogP contribution in [0.2, 0.25) is 0 Å². The summed E-state index contributed by atoms with van der Waals surface area (Å²) in [5.74, 6) is -0.309. The molecule has 5 heteroatoms. The molecule has 1 N–H and O–H groups in total. The Morgan fingerprint density at radius 3 is 2.32 bits per heavy atom. The first kappa shape index (κ1) is 16.0. The molecule has 1 aromatic rings. The Labute approximate surface area is 130 Å². The van der Waals surface area contributed by atoms with E-state index in [9.17, 15) is 9.59 Å². The van der Waals surface area contributed by atoms with Gasteiger partial charge in [0, 0.05) is 6.54 Å². The number of nitrogens with one attached hydrogen (secondary N) is 1. The molecule has 1 fully saturated rings. The highest BCUT2D eigenvalue weighted by atomic mass is 16.2. The van der Waals surface area contributed by atoms with E-state index in [1.165, 1.54) is 0 Å². The Hall–Kier alpha value is -2.35. The average Bonchev–Trinajstić information content (AvgIpc) is 2.67. The first-order valence-electron chi connectivity index (χ1n) is 7.32. The fraction of sp³-hybridized carbons (Fsp3) is 0.471. The smallest absolute Gasteiger partial charge is 0.319 e. The molecular formula is C17H21N3O2. The van der Waals surface area contributed by atoms with Crippen LogP contribution in [-0.4, -0.2) is 23.4 Å². The third-order valence-electron chi connectivity index (χ3n) is 4.05. The van der Waals surface area contributed by atoms with Gasteiger partial charge in [0.25, 0.3) is 5.91 Å². The van der Waals surface area contributed by atoms with Crippen LogP contribution in [0.15, 0.2) is 24.3 Å². The molecule has 1 saturated heterocycles. The molecule has 2 rings (SSSR count). The van der Waals surface area contributed by atoms with Crippen molar-refractivity contribution in [3.63, 3.8) is 0 Å². The van der Waals surface area contributed by atoms with E-state index in [0.29, 0.717) is 0 Å². The van der Waals surface area contributed by atoms with Crippen LogP contribution in [-0.2, 0) is 15.7 Å². The number of hydrogen-bond donors (Lipinski definition) is 1. The van der Waals surface area contributed by atoms with Crippen molar-refractivity contribution in [1.29, 1.82) is 5.26 Å². The van der Waals surface area contributed by atoms with Gasteiger partial charge in [0.05, 0.1) is 12.5 Å². The number of benzene rings is 1. The maximum absolute atomic E-state index is 12.6. The van der Waals surface area contributed by atoms with Crippen LogP contribution in [0.1, 0.15) is 45.2 Å². The SMILES string of the molecule is CC(C)(C)c1ccc(C2(C)NC(=O)N(CCC#N)C2=O)cc1. The summed E-state index contributed by atoms with van der Waals surface area (Å²) in [5, 5.41) is 11.4. The molecule has 1 aliphatic heterocycles. The number of rotatable bonds is 3. The van der Waals surface area contributed by atoms with Gasteiger partial charge in [0.2, 0.25) is 0 Å². The molecule has 1 atom stereocenters. The van der Waals surface area contributed by atoms with Crippen molar-refractivity contribution in [3.05, 3.63) is 35.4 Å². The summed E-state index contributed by atoms with van der Waals surface area (Å²) in [6.07, 6.45) is 0.137. The summed E-state index contributed by atoms with van der Waals surface area (Å²) in [6.45, 7) is 8.18. The number of urea groups is 1. The minimum Gasteiger partial charge on any atom is -0.319 e. The van der Waals surface area contributed by atoms with Crippen molar-refractivity contribution in [2.24, 2.45) is 0 Å². The molecular weight excluding hydrogens is 278 g/mol. The lowest BCUT2D eigenvalue weighted by Gasteiger charge is -2.24. The number of nitrogens with zero attached hydrogens (tertiary/aromatic N) is 2. The minimum atomic E-state index is -1.07. The number of hydrogen-bond acceptors (Lipinski definition) is 3. The zero-order chi connectivity index (χ0) is 16.5. The van der Waals surface area contributed by atoms with E-state index >= 15 is 0 Å². The number of nitriles is 1. The first-order valence-corrected chi connectivity index (χ1v) is 7.32. The van der Waals surface area contributed by atoms with Gasteiger partial charge >= 0.3 is 6.03 Å². The molecule has 3 amide bonds. The highest BCUT2D eigenvalue weighted by Crippen LogP contribution is 2.31. The lowest BCUT2D eigenvalue weighted by molar-refractivity contribution is -0.131. The average molecular weight is 299 g/mol. The van der Waals surface area contributed by atoms with Crippen LogP contribution in [0.4, 0.5) is 4.79 Å². The van der Waals surface area contributed by atoms with E-state index in [4.69, 9.17) is 5.26 Å². The Bertz CT molecular complexity index is 637. The molecule has 1 aromatic carbocycles. The minimum absolute atomic E-state index is 0.0290. The van der Waals surface area contributed by atoms with Gasteiger partial charge in [0.1, 0.15) is 5.54 Å². The standard InChI is InChI=1S/C17H21N3O2/c1-16(2,3)12-6-8-13(9-7-12)17(4)14(21)20(11-5-10-18)15(22)19-17/h6-9H,5,11H2,1-4H3,(H,19,22). The highest BCUT2D eigenvalue weighted by molar-refractivity contribution is 6.07. The van der Waals surface area contributed by atoms with Crippen LogP contribution in [0.3, 0.4) is 0 Å². The highest BCUT2D eigenvalue weighted by Gasteiger charge is 2.48. The summed E-state index contributed by atoms with van der Waals surface area (Å²) in [5.41, 5.74) is 0.876. The molecule has 0 aromatic heterocycles. The summed E-state index contributed by atoms with van der Waals surface area (Å²) in [4.78, 5) is 25.7. The Balaban J connectivity index is 2.30. The van der Waals surface area contributed by atoms with Gasteiger partial charge in [-0.1, -0.05) is 45.0 Å². The quantitative estimate of drug-likeness (QED) is 0.872. The maximum atomic E-state index is 12.6. The van der Waals surface area contributed by atoms with Crippen molar-refractivity contribution in [2.75, 3.05) is 6.54 Å². The Kier molecular flexibility index (Phi) is 3.97. The molecule has 0 bridgehead atoms. The molecule has 22 heavy (non-hydrogen) atoms. The molecule has 5 nitrogen and oxygen atoms in total. The molecule has 116 valence electrons. The Morgan fingerprint density at radius 2 is 1.82 bits per heavy atom. The first-order chi connectivity index (χ1) is 10.2. The van der Waals surface area contributed by atoms with E-state index in [2.05, 4.69) is 26.1 Å².